The standard InChI is InChI=1S/C22H25FN6/c23-17-3-1-2-15(10-17)13-26-21-11-16(8-9-25-21)20-12-22(28-14-27-20)29-19-6-4-18(24)5-7-19/h1-3,8-12,14,18-19H,4-7,13,24H2,(H,25,26)(H,27,28,29)/t18-,19-. The number of anilines is 2. The number of nitrogens with zero attached hydrogens (tertiary/aromatic N) is 3. The first-order valence-corrected chi connectivity index (χ1v) is 9.94. The molecule has 150 valence electrons. The van der Waals surface area contributed by atoms with Gasteiger partial charge in [-0.25, -0.2) is 19.3 Å². The average molecular weight is 392 g/mol. The minimum Gasteiger partial charge on any atom is -0.367 e. The summed E-state index contributed by atoms with van der Waals surface area (Å²) in [5.74, 6) is 1.29. The van der Waals surface area contributed by atoms with Gasteiger partial charge in [-0.2, -0.15) is 0 Å². The van der Waals surface area contributed by atoms with Crippen LogP contribution in [0.2, 0.25) is 0 Å². The van der Waals surface area contributed by atoms with Gasteiger partial charge < -0.3 is 16.4 Å². The lowest BCUT2D eigenvalue weighted by Crippen LogP contribution is -2.33. The van der Waals surface area contributed by atoms with Gasteiger partial charge >= 0.3 is 0 Å². The second kappa shape index (κ2) is 8.96. The van der Waals surface area contributed by atoms with E-state index in [2.05, 4.69) is 25.6 Å². The molecule has 1 fully saturated rings. The Bertz CT molecular complexity index is 955. The Hall–Kier alpha value is -3.06. The molecule has 6 nitrogen and oxygen atoms in total. The van der Waals surface area contributed by atoms with E-state index in [1.165, 1.54) is 12.1 Å². The lowest BCUT2D eigenvalue weighted by Gasteiger charge is -2.27. The molecule has 0 amide bonds. The van der Waals surface area contributed by atoms with Crippen molar-refractivity contribution in [3.8, 4) is 11.3 Å². The molecule has 0 bridgehead atoms. The van der Waals surface area contributed by atoms with Crippen LogP contribution in [-0.2, 0) is 6.54 Å². The second-order valence-electron chi connectivity index (χ2n) is 7.46. The van der Waals surface area contributed by atoms with Crippen molar-refractivity contribution < 1.29 is 4.39 Å². The maximum absolute atomic E-state index is 13.3. The van der Waals surface area contributed by atoms with Crippen LogP contribution in [0.1, 0.15) is 31.2 Å². The number of halogens is 1. The van der Waals surface area contributed by atoms with Gasteiger partial charge in [0.1, 0.15) is 23.8 Å². The number of nitrogens with two attached hydrogens (primary N) is 1. The molecule has 1 aromatic carbocycles. The van der Waals surface area contributed by atoms with E-state index in [4.69, 9.17) is 5.73 Å². The highest BCUT2D eigenvalue weighted by molar-refractivity contribution is 5.65. The minimum absolute atomic E-state index is 0.244. The molecule has 0 saturated heterocycles. The zero-order valence-corrected chi connectivity index (χ0v) is 16.2. The quantitative estimate of drug-likeness (QED) is 0.588. The predicted octanol–water partition coefficient (Wildman–Crippen LogP) is 3.97. The normalized spacial score (nSPS) is 19.0. The highest BCUT2D eigenvalue weighted by Gasteiger charge is 2.18. The number of pyridine rings is 1. The van der Waals surface area contributed by atoms with Crippen molar-refractivity contribution >= 4 is 11.6 Å². The van der Waals surface area contributed by atoms with Gasteiger partial charge in [0.05, 0.1) is 5.69 Å². The summed E-state index contributed by atoms with van der Waals surface area (Å²) in [7, 11) is 0. The zero-order valence-electron chi connectivity index (χ0n) is 16.2. The number of benzene rings is 1. The molecule has 0 atom stereocenters. The maximum Gasteiger partial charge on any atom is 0.130 e. The molecule has 1 saturated carbocycles. The molecule has 0 aliphatic heterocycles. The van der Waals surface area contributed by atoms with Crippen molar-refractivity contribution in [1.29, 1.82) is 0 Å². The van der Waals surface area contributed by atoms with E-state index in [0.29, 0.717) is 24.4 Å². The molecule has 0 unspecified atom stereocenters. The first-order chi connectivity index (χ1) is 14.2. The molecular formula is C22H25FN6. The summed E-state index contributed by atoms with van der Waals surface area (Å²) >= 11 is 0. The lowest BCUT2D eigenvalue weighted by atomic mass is 9.92. The Balaban J connectivity index is 1.43. The average Bonchev–Trinajstić information content (AvgIpc) is 2.74. The van der Waals surface area contributed by atoms with Crippen molar-refractivity contribution in [2.24, 2.45) is 5.73 Å². The molecule has 1 aliphatic rings. The van der Waals surface area contributed by atoms with Crippen LogP contribution < -0.4 is 16.4 Å². The van der Waals surface area contributed by atoms with E-state index < -0.39 is 0 Å². The topological polar surface area (TPSA) is 88.8 Å². The molecular weight excluding hydrogens is 367 g/mol. The SMILES string of the molecule is N[C@H]1CC[C@H](Nc2cc(-c3ccnc(NCc4cccc(F)c4)c3)ncn2)CC1. The lowest BCUT2D eigenvalue weighted by molar-refractivity contribution is 0.410. The molecule has 4 rings (SSSR count). The van der Waals surface area contributed by atoms with Gasteiger partial charge in [-0.05, 0) is 55.5 Å². The third-order valence-electron chi connectivity index (χ3n) is 5.21. The fraction of sp³-hybridized carbons (Fsp3) is 0.318. The summed E-state index contributed by atoms with van der Waals surface area (Å²) in [6, 6.07) is 13.1. The molecule has 2 aromatic heterocycles. The number of aromatic nitrogens is 3. The van der Waals surface area contributed by atoms with E-state index >= 15 is 0 Å². The van der Waals surface area contributed by atoms with Crippen molar-refractivity contribution in [1.82, 2.24) is 15.0 Å². The smallest absolute Gasteiger partial charge is 0.130 e. The number of hydrogen-bond acceptors (Lipinski definition) is 6. The second-order valence-corrected chi connectivity index (χ2v) is 7.46. The van der Waals surface area contributed by atoms with Crippen LogP contribution in [0.4, 0.5) is 16.0 Å². The van der Waals surface area contributed by atoms with E-state index in [-0.39, 0.29) is 5.82 Å². The van der Waals surface area contributed by atoms with Crippen molar-refractivity contribution in [3.05, 3.63) is 66.4 Å². The van der Waals surface area contributed by atoms with Crippen molar-refractivity contribution in [2.75, 3.05) is 10.6 Å². The minimum atomic E-state index is -0.244. The number of rotatable bonds is 6. The van der Waals surface area contributed by atoms with Crippen LogP contribution in [0.3, 0.4) is 0 Å². The molecule has 3 aromatic rings. The molecule has 29 heavy (non-hydrogen) atoms. The van der Waals surface area contributed by atoms with Gasteiger partial charge in [-0.15, -0.1) is 0 Å². The van der Waals surface area contributed by atoms with Gasteiger partial charge in [-0.1, -0.05) is 12.1 Å². The Kier molecular flexibility index (Phi) is 5.95. The Morgan fingerprint density at radius 3 is 2.66 bits per heavy atom. The van der Waals surface area contributed by atoms with Gasteiger partial charge in [0.2, 0.25) is 0 Å². The molecule has 7 heteroatoms. The zero-order chi connectivity index (χ0) is 20.1. The first-order valence-electron chi connectivity index (χ1n) is 9.94. The third kappa shape index (κ3) is 5.26. The molecule has 0 spiro atoms. The molecule has 1 aliphatic carbocycles. The van der Waals surface area contributed by atoms with E-state index in [0.717, 1.165) is 48.3 Å². The molecule has 2 heterocycles. The van der Waals surface area contributed by atoms with Crippen molar-refractivity contribution in [3.63, 3.8) is 0 Å². The van der Waals surface area contributed by atoms with Gasteiger partial charge in [0, 0.05) is 36.5 Å². The van der Waals surface area contributed by atoms with E-state index in [9.17, 15) is 4.39 Å². The van der Waals surface area contributed by atoms with Crippen molar-refractivity contribution in [2.45, 2.75) is 44.3 Å². The fourth-order valence-electron chi connectivity index (χ4n) is 3.59. The highest BCUT2D eigenvalue weighted by atomic mass is 19.1. The van der Waals surface area contributed by atoms with Gasteiger partial charge in [0.25, 0.3) is 0 Å². The Morgan fingerprint density at radius 2 is 1.83 bits per heavy atom. The summed E-state index contributed by atoms with van der Waals surface area (Å²) in [6.45, 7) is 0.495. The highest BCUT2D eigenvalue weighted by Crippen LogP contribution is 2.24. The van der Waals surface area contributed by atoms with Crippen LogP contribution in [0.15, 0.2) is 55.0 Å². The largest absolute Gasteiger partial charge is 0.367 e. The van der Waals surface area contributed by atoms with Crippen LogP contribution in [0.5, 0.6) is 0 Å². The Labute approximate surface area is 169 Å². The third-order valence-corrected chi connectivity index (χ3v) is 5.21. The van der Waals surface area contributed by atoms with E-state index in [1.54, 1.807) is 18.6 Å². The summed E-state index contributed by atoms with van der Waals surface area (Å²) in [5, 5.41) is 6.74. The number of hydrogen-bond donors (Lipinski definition) is 3. The summed E-state index contributed by atoms with van der Waals surface area (Å²) in [5.41, 5.74) is 8.62. The maximum atomic E-state index is 13.3. The summed E-state index contributed by atoms with van der Waals surface area (Å²) in [4.78, 5) is 13.1. The summed E-state index contributed by atoms with van der Waals surface area (Å²) < 4.78 is 13.3. The van der Waals surface area contributed by atoms with Gasteiger partial charge in [-0.3, -0.25) is 0 Å². The van der Waals surface area contributed by atoms with Gasteiger partial charge in [0.15, 0.2) is 0 Å². The first kappa shape index (κ1) is 19.3. The Morgan fingerprint density at radius 1 is 0.966 bits per heavy atom. The molecule has 4 N–H and O–H groups in total. The predicted molar refractivity (Wildman–Crippen MR) is 113 cm³/mol. The van der Waals surface area contributed by atoms with Crippen LogP contribution in [-0.4, -0.2) is 27.0 Å². The van der Waals surface area contributed by atoms with Crippen LogP contribution in [0.25, 0.3) is 11.3 Å². The van der Waals surface area contributed by atoms with Crippen LogP contribution >= 0.6 is 0 Å². The van der Waals surface area contributed by atoms with Crippen LogP contribution in [0, 0.1) is 5.82 Å². The molecule has 0 radical (unpaired) electrons. The van der Waals surface area contributed by atoms with E-state index in [1.807, 2.05) is 24.3 Å². The number of nitrogens with one attached hydrogen (secondary N) is 2. The fourth-order valence-corrected chi connectivity index (χ4v) is 3.59. The summed E-state index contributed by atoms with van der Waals surface area (Å²) in [6.07, 6.45) is 7.52. The monoisotopic (exact) mass is 392 g/mol.